The van der Waals surface area contributed by atoms with Crippen molar-refractivity contribution >= 4 is 40.0 Å². The van der Waals surface area contributed by atoms with Crippen LogP contribution in [-0.2, 0) is 22.4 Å². The number of rotatable bonds is 6. The molecule has 1 amide bonds. The zero-order valence-electron chi connectivity index (χ0n) is 15.4. The molecule has 0 saturated carbocycles. The Balaban J connectivity index is 1.40. The molecule has 1 aliphatic rings. The maximum absolute atomic E-state index is 13.0. The minimum absolute atomic E-state index is 0.0359. The van der Waals surface area contributed by atoms with Gasteiger partial charge >= 0.3 is 5.97 Å². The summed E-state index contributed by atoms with van der Waals surface area (Å²) >= 11 is 2.50. The number of carbonyl (C=O) groups is 2. The third-order valence-corrected chi connectivity index (χ3v) is 6.41. The van der Waals surface area contributed by atoms with E-state index in [0.717, 1.165) is 41.5 Å². The molecule has 2 heterocycles. The standard InChI is InChI=1S/C19H16FN3O4S2/c1-26-18(25)15-12-3-2-4-13(12)29-17(15)21-14(24)9-28-19-23-22-16(27-19)10-5-7-11(20)8-6-10/h5-8H,2-4,9H2,1H3,(H,21,24). The number of amides is 1. The van der Waals surface area contributed by atoms with Crippen LogP contribution in [0.1, 0.15) is 27.2 Å². The molecule has 3 aromatic rings. The van der Waals surface area contributed by atoms with Crippen LogP contribution < -0.4 is 5.32 Å². The van der Waals surface area contributed by atoms with Gasteiger partial charge in [-0.1, -0.05) is 11.8 Å². The first-order valence-corrected chi connectivity index (χ1v) is 10.6. The molecular formula is C19H16FN3O4S2. The molecule has 7 nitrogen and oxygen atoms in total. The Morgan fingerprint density at radius 1 is 1.28 bits per heavy atom. The van der Waals surface area contributed by atoms with E-state index in [9.17, 15) is 14.0 Å². The fourth-order valence-corrected chi connectivity index (χ4v) is 4.93. The number of methoxy groups -OCH3 is 1. The van der Waals surface area contributed by atoms with Gasteiger partial charge in [0.05, 0.1) is 18.4 Å². The van der Waals surface area contributed by atoms with Crippen LogP contribution >= 0.6 is 23.1 Å². The van der Waals surface area contributed by atoms with Gasteiger partial charge in [0.15, 0.2) is 0 Å². The van der Waals surface area contributed by atoms with Crippen LogP contribution in [0, 0.1) is 5.82 Å². The van der Waals surface area contributed by atoms with Gasteiger partial charge < -0.3 is 14.5 Å². The van der Waals surface area contributed by atoms with E-state index in [1.54, 1.807) is 0 Å². The lowest BCUT2D eigenvalue weighted by molar-refractivity contribution is -0.113. The van der Waals surface area contributed by atoms with Gasteiger partial charge in [0.1, 0.15) is 10.8 Å². The van der Waals surface area contributed by atoms with Crippen molar-refractivity contribution in [3.8, 4) is 11.5 Å². The number of anilines is 1. The van der Waals surface area contributed by atoms with Gasteiger partial charge in [0.2, 0.25) is 11.8 Å². The highest BCUT2D eigenvalue weighted by molar-refractivity contribution is 7.99. The lowest BCUT2D eigenvalue weighted by Gasteiger charge is -2.06. The summed E-state index contributed by atoms with van der Waals surface area (Å²) in [5.74, 6) is -0.801. The normalized spacial score (nSPS) is 12.6. The Morgan fingerprint density at radius 3 is 2.83 bits per heavy atom. The summed E-state index contributed by atoms with van der Waals surface area (Å²) in [5.41, 5.74) is 2.02. The van der Waals surface area contributed by atoms with E-state index >= 15 is 0 Å². The van der Waals surface area contributed by atoms with Gasteiger partial charge in [-0.05, 0) is 49.1 Å². The molecule has 0 aliphatic heterocycles. The minimum Gasteiger partial charge on any atom is -0.465 e. The Labute approximate surface area is 173 Å². The fraction of sp³-hybridized carbons (Fsp3) is 0.263. The second kappa shape index (κ2) is 8.34. The molecule has 0 fully saturated rings. The first-order valence-electron chi connectivity index (χ1n) is 8.80. The van der Waals surface area contributed by atoms with Gasteiger partial charge in [-0.25, -0.2) is 9.18 Å². The van der Waals surface area contributed by atoms with Crippen LogP contribution in [0.2, 0.25) is 0 Å². The highest BCUT2D eigenvalue weighted by atomic mass is 32.2. The van der Waals surface area contributed by atoms with Crippen molar-refractivity contribution in [2.75, 3.05) is 18.2 Å². The minimum atomic E-state index is -0.437. The van der Waals surface area contributed by atoms with E-state index < -0.39 is 5.97 Å². The topological polar surface area (TPSA) is 94.3 Å². The third kappa shape index (κ3) is 4.18. The predicted molar refractivity (Wildman–Crippen MR) is 107 cm³/mol. The van der Waals surface area contributed by atoms with E-state index in [4.69, 9.17) is 9.15 Å². The SMILES string of the molecule is COC(=O)c1c(NC(=O)CSc2nnc(-c3ccc(F)cc3)o2)sc2c1CCC2. The first-order chi connectivity index (χ1) is 14.0. The number of thioether (sulfide) groups is 1. The predicted octanol–water partition coefficient (Wildman–Crippen LogP) is 3.94. The Bertz CT molecular complexity index is 1060. The van der Waals surface area contributed by atoms with E-state index in [1.165, 1.54) is 42.7 Å². The zero-order chi connectivity index (χ0) is 20.4. The number of hydrogen-bond acceptors (Lipinski definition) is 8. The molecule has 29 heavy (non-hydrogen) atoms. The Kier molecular flexibility index (Phi) is 5.63. The van der Waals surface area contributed by atoms with Gasteiger partial charge in [0, 0.05) is 10.4 Å². The fourth-order valence-electron chi connectivity index (χ4n) is 3.08. The average Bonchev–Trinajstić information content (AvgIpc) is 3.42. The Morgan fingerprint density at radius 2 is 2.07 bits per heavy atom. The molecule has 0 saturated heterocycles. The molecule has 0 unspecified atom stereocenters. The molecule has 150 valence electrons. The van der Waals surface area contributed by atoms with Crippen LogP contribution in [0.4, 0.5) is 9.39 Å². The summed E-state index contributed by atoms with van der Waals surface area (Å²) in [4.78, 5) is 25.6. The number of halogens is 1. The van der Waals surface area contributed by atoms with Crippen molar-refractivity contribution in [2.45, 2.75) is 24.5 Å². The van der Waals surface area contributed by atoms with Crippen LogP contribution in [0.25, 0.3) is 11.5 Å². The van der Waals surface area contributed by atoms with Crippen LogP contribution in [0.3, 0.4) is 0 Å². The van der Waals surface area contributed by atoms with Crippen molar-refractivity contribution in [2.24, 2.45) is 0 Å². The van der Waals surface area contributed by atoms with E-state index in [1.807, 2.05) is 0 Å². The molecular weight excluding hydrogens is 417 g/mol. The molecule has 0 atom stereocenters. The van der Waals surface area contributed by atoms with Crippen molar-refractivity contribution in [3.63, 3.8) is 0 Å². The quantitative estimate of drug-likeness (QED) is 0.465. The molecule has 2 aromatic heterocycles. The third-order valence-electron chi connectivity index (χ3n) is 4.39. The Hall–Kier alpha value is -2.72. The van der Waals surface area contributed by atoms with Crippen molar-refractivity contribution in [3.05, 3.63) is 46.1 Å². The highest BCUT2D eigenvalue weighted by Crippen LogP contribution is 2.39. The largest absolute Gasteiger partial charge is 0.465 e. The van der Waals surface area contributed by atoms with Crippen molar-refractivity contribution in [1.29, 1.82) is 0 Å². The van der Waals surface area contributed by atoms with Crippen molar-refractivity contribution in [1.82, 2.24) is 10.2 Å². The number of aryl methyl sites for hydroxylation is 1. The summed E-state index contributed by atoms with van der Waals surface area (Å²) in [6, 6.07) is 5.68. The van der Waals surface area contributed by atoms with Gasteiger partial charge in [-0.15, -0.1) is 21.5 Å². The monoisotopic (exact) mass is 433 g/mol. The number of carbonyl (C=O) groups excluding carboxylic acids is 2. The van der Waals surface area contributed by atoms with Gasteiger partial charge in [0.25, 0.3) is 5.22 Å². The maximum atomic E-state index is 13.0. The lowest BCUT2D eigenvalue weighted by atomic mass is 10.1. The number of thiophene rings is 1. The number of nitrogens with one attached hydrogen (secondary N) is 1. The van der Waals surface area contributed by atoms with Gasteiger partial charge in [-0.3, -0.25) is 4.79 Å². The number of benzene rings is 1. The summed E-state index contributed by atoms with van der Waals surface area (Å²) in [7, 11) is 1.33. The maximum Gasteiger partial charge on any atom is 0.341 e. The van der Waals surface area contributed by atoms with E-state index in [0.29, 0.717) is 16.1 Å². The number of hydrogen-bond donors (Lipinski definition) is 1. The van der Waals surface area contributed by atoms with Crippen molar-refractivity contribution < 1.29 is 23.1 Å². The molecule has 0 radical (unpaired) electrons. The molecule has 1 aromatic carbocycles. The molecule has 4 rings (SSSR count). The molecule has 1 N–H and O–H groups in total. The summed E-state index contributed by atoms with van der Waals surface area (Å²) in [5, 5.41) is 11.3. The van der Waals surface area contributed by atoms with E-state index in [-0.39, 0.29) is 28.6 Å². The lowest BCUT2D eigenvalue weighted by Crippen LogP contribution is -2.16. The second-order valence-corrected chi connectivity index (χ2v) is 8.30. The molecule has 1 aliphatic carbocycles. The number of nitrogens with zero attached hydrogens (tertiary/aromatic N) is 2. The van der Waals surface area contributed by atoms with E-state index in [2.05, 4.69) is 15.5 Å². The zero-order valence-corrected chi connectivity index (χ0v) is 17.0. The van der Waals surface area contributed by atoms with Gasteiger partial charge in [-0.2, -0.15) is 0 Å². The number of fused-ring (bicyclic) bond motifs is 1. The smallest absolute Gasteiger partial charge is 0.341 e. The highest BCUT2D eigenvalue weighted by Gasteiger charge is 2.28. The summed E-state index contributed by atoms with van der Waals surface area (Å²) in [6.07, 6.45) is 2.72. The van der Waals surface area contributed by atoms with Crippen LogP contribution in [-0.4, -0.2) is 34.9 Å². The molecule has 10 heteroatoms. The van der Waals surface area contributed by atoms with Crippen LogP contribution in [0.15, 0.2) is 33.9 Å². The summed E-state index contributed by atoms with van der Waals surface area (Å²) in [6.45, 7) is 0. The number of aromatic nitrogens is 2. The number of esters is 1. The van der Waals surface area contributed by atoms with Crippen LogP contribution in [0.5, 0.6) is 0 Å². The summed E-state index contributed by atoms with van der Waals surface area (Å²) < 4.78 is 23.4. The number of ether oxygens (including phenoxy) is 1. The molecule has 0 spiro atoms. The second-order valence-electron chi connectivity index (χ2n) is 6.27. The average molecular weight is 433 g/mol. The first kappa shape index (κ1) is 19.6. The molecule has 0 bridgehead atoms.